The molecule has 1 heterocycles. The predicted molar refractivity (Wildman–Crippen MR) is 116 cm³/mol. The molecule has 0 atom stereocenters. The van der Waals surface area contributed by atoms with E-state index in [1.165, 1.54) is 29.6 Å². The second-order valence-corrected chi connectivity index (χ2v) is 9.31. The van der Waals surface area contributed by atoms with Crippen LogP contribution in [0.15, 0.2) is 41.3 Å². The number of carbonyl (C=O) groups is 2. The average molecular weight is 447 g/mol. The molecule has 3 rings (SSSR count). The molecule has 0 saturated carbocycles. The first-order valence-electron chi connectivity index (χ1n) is 9.95. The quantitative estimate of drug-likeness (QED) is 0.656. The van der Waals surface area contributed by atoms with E-state index in [4.69, 9.17) is 9.47 Å². The number of sulfonamides is 1. The monoisotopic (exact) mass is 446 g/mol. The van der Waals surface area contributed by atoms with Crippen molar-refractivity contribution >= 4 is 27.6 Å². The summed E-state index contributed by atoms with van der Waals surface area (Å²) >= 11 is 0. The highest BCUT2D eigenvalue weighted by atomic mass is 32.2. The van der Waals surface area contributed by atoms with Crippen molar-refractivity contribution < 1.29 is 27.5 Å². The first-order valence-corrected chi connectivity index (χ1v) is 11.4. The molecule has 166 valence electrons. The highest BCUT2D eigenvalue weighted by molar-refractivity contribution is 7.89. The van der Waals surface area contributed by atoms with Crippen LogP contribution in [0.4, 0.5) is 5.69 Å². The Morgan fingerprint density at radius 3 is 2.39 bits per heavy atom. The highest BCUT2D eigenvalue weighted by Crippen LogP contribution is 2.30. The lowest BCUT2D eigenvalue weighted by Gasteiger charge is -2.18. The van der Waals surface area contributed by atoms with Crippen molar-refractivity contribution in [1.82, 2.24) is 4.31 Å². The predicted octanol–water partition coefficient (Wildman–Crippen LogP) is 2.89. The Labute approximate surface area is 182 Å². The minimum absolute atomic E-state index is 0.0255. The van der Waals surface area contributed by atoms with Gasteiger partial charge in [0.2, 0.25) is 10.0 Å². The lowest BCUT2D eigenvalue weighted by atomic mass is 10.1. The number of methoxy groups -OCH3 is 1. The minimum Gasteiger partial charge on any atom is -0.495 e. The van der Waals surface area contributed by atoms with Gasteiger partial charge in [-0.05, 0) is 68.1 Å². The molecule has 2 aromatic rings. The number of aryl methyl sites for hydroxylation is 2. The molecule has 31 heavy (non-hydrogen) atoms. The third-order valence-electron chi connectivity index (χ3n) is 5.21. The van der Waals surface area contributed by atoms with Crippen molar-refractivity contribution in [2.24, 2.45) is 0 Å². The second-order valence-electron chi connectivity index (χ2n) is 7.40. The fraction of sp³-hybridized carbons (Fsp3) is 0.364. The first-order chi connectivity index (χ1) is 14.7. The molecule has 0 spiro atoms. The maximum atomic E-state index is 12.9. The Bertz CT molecular complexity index is 1090. The number of ether oxygens (including phenoxy) is 2. The van der Waals surface area contributed by atoms with Crippen LogP contribution in [0.1, 0.15) is 34.3 Å². The van der Waals surface area contributed by atoms with Gasteiger partial charge in [0, 0.05) is 18.8 Å². The topological polar surface area (TPSA) is 102 Å². The maximum absolute atomic E-state index is 12.9. The van der Waals surface area contributed by atoms with Gasteiger partial charge in [-0.3, -0.25) is 4.79 Å². The summed E-state index contributed by atoms with van der Waals surface area (Å²) in [5.74, 6) is -1.14. The lowest BCUT2D eigenvalue weighted by Crippen LogP contribution is -2.28. The van der Waals surface area contributed by atoms with Crippen molar-refractivity contribution in [1.29, 1.82) is 0 Å². The molecule has 8 nitrogen and oxygen atoms in total. The summed E-state index contributed by atoms with van der Waals surface area (Å²) in [6, 6.07) is 9.53. The number of hydrogen-bond acceptors (Lipinski definition) is 6. The summed E-state index contributed by atoms with van der Waals surface area (Å²) in [6.45, 7) is 4.27. The molecule has 9 heteroatoms. The van der Waals surface area contributed by atoms with Crippen molar-refractivity contribution in [3.63, 3.8) is 0 Å². The molecule has 1 aliphatic heterocycles. The SMILES string of the molecule is COc1ccc(C(=O)OCC(=O)Nc2ccc(C)c(C)c2)cc1S(=O)(=O)N1CCCC1. The molecule has 0 radical (unpaired) electrons. The zero-order valence-corrected chi connectivity index (χ0v) is 18.6. The fourth-order valence-electron chi connectivity index (χ4n) is 3.30. The number of hydrogen-bond donors (Lipinski definition) is 1. The number of anilines is 1. The summed E-state index contributed by atoms with van der Waals surface area (Å²) in [6.07, 6.45) is 1.58. The number of nitrogens with zero attached hydrogens (tertiary/aromatic N) is 1. The molecule has 2 aromatic carbocycles. The van der Waals surface area contributed by atoms with Crippen LogP contribution in [0.3, 0.4) is 0 Å². The average Bonchev–Trinajstić information content (AvgIpc) is 3.30. The molecule has 1 fully saturated rings. The minimum atomic E-state index is -3.80. The molecule has 0 unspecified atom stereocenters. The number of amides is 1. The van der Waals surface area contributed by atoms with Crippen LogP contribution in [0.5, 0.6) is 5.75 Å². The Kier molecular flexibility index (Phi) is 6.97. The van der Waals surface area contributed by atoms with E-state index >= 15 is 0 Å². The highest BCUT2D eigenvalue weighted by Gasteiger charge is 2.31. The third-order valence-corrected chi connectivity index (χ3v) is 7.13. The molecule has 1 aliphatic rings. The molecule has 0 aliphatic carbocycles. The molecule has 0 aromatic heterocycles. The standard InChI is InChI=1S/C22H26N2O6S/c1-15-6-8-18(12-16(15)2)23-21(25)14-30-22(26)17-7-9-19(29-3)20(13-17)31(27,28)24-10-4-5-11-24/h6-9,12-13H,4-5,10-11,14H2,1-3H3,(H,23,25). The number of carbonyl (C=O) groups excluding carboxylic acids is 2. The van der Waals surface area contributed by atoms with E-state index in [2.05, 4.69) is 5.32 Å². The number of rotatable bonds is 7. The van der Waals surface area contributed by atoms with Crippen LogP contribution in [-0.2, 0) is 19.6 Å². The van der Waals surface area contributed by atoms with Gasteiger partial charge in [-0.2, -0.15) is 4.31 Å². The molecular weight excluding hydrogens is 420 g/mol. The van der Waals surface area contributed by atoms with Crippen molar-refractivity contribution in [2.45, 2.75) is 31.6 Å². The maximum Gasteiger partial charge on any atom is 0.338 e. The number of esters is 1. The first kappa shape index (κ1) is 22.8. The largest absolute Gasteiger partial charge is 0.495 e. The van der Waals surface area contributed by atoms with Crippen molar-refractivity contribution in [3.8, 4) is 5.75 Å². The Morgan fingerprint density at radius 2 is 1.74 bits per heavy atom. The van der Waals surface area contributed by atoms with E-state index in [0.717, 1.165) is 24.0 Å². The van der Waals surface area contributed by atoms with Crippen LogP contribution in [0, 0.1) is 13.8 Å². The Balaban J connectivity index is 1.70. The Hall–Kier alpha value is -2.91. The van der Waals surface area contributed by atoms with Gasteiger partial charge in [0.05, 0.1) is 12.7 Å². The molecule has 1 amide bonds. The van der Waals surface area contributed by atoms with Gasteiger partial charge in [-0.25, -0.2) is 13.2 Å². The smallest absolute Gasteiger partial charge is 0.338 e. The van der Waals surface area contributed by atoms with E-state index < -0.39 is 28.5 Å². The van der Waals surface area contributed by atoms with Gasteiger partial charge in [0.1, 0.15) is 10.6 Å². The van der Waals surface area contributed by atoms with E-state index in [-0.39, 0.29) is 16.2 Å². The van der Waals surface area contributed by atoms with Gasteiger partial charge in [0.25, 0.3) is 5.91 Å². The zero-order valence-electron chi connectivity index (χ0n) is 17.8. The van der Waals surface area contributed by atoms with Gasteiger partial charge in [0.15, 0.2) is 6.61 Å². The van der Waals surface area contributed by atoms with Crippen LogP contribution in [0.2, 0.25) is 0 Å². The second kappa shape index (κ2) is 9.49. The van der Waals surface area contributed by atoms with Gasteiger partial charge < -0.3 is 14.8 Å². The summed E-state index contributed by atoms with van der Waals surface area (Å²) in [7, 11) is -2.43. The van der Waals surface area contributed by atoms with Gasteiger partial charge in [-0.1, -0.05) is 6.07 Å². The van der Waals surface area contributed by atoms with Crippen LogP contribution in [-0.4, -0.2) is 51.4 Å². The van der Waals surface area contributed by atoms with Crippen molar-refractivity contribution in [3.05, 3.63) is 53.1 Å². The summed E-state index contributed by atoms with van der Waals surface area (Å²) in [4.78, 5) is 24.5. The van der Waals surface area contributed by atoms with E-state index in [9.17, 15) is 18.0 Å². The Morgan fingerprint density at radius 1 is 1.03 bits per heavy atom. The lowest BCUT2D eigenvalue weighted by molar-refractivity contribution is -0.119. The van der Waals surface area contributed by atoms with Crippen molar-refractivity contribution in [2.75, 3.05) is 32.1 Å². The normalized spacial score (nSPS) is 14.3. The zero-order chi connectivity index (χ0) is 22.6. The summed E-state index contributed by atoms with van der Waals surface area (Å²) < 4.78 is 37.5. The van der Waals surface area contributed by atoms with Gasteiger partial charge >= 0.3 is 5.97 Å². The number of benzene rings is 2. The van der Waals surface area contributed by atoms with Gasteiger partial charge in [-0.15, -0.1) is 0 Å². The molecule has 1 N–H and O–H groups in total. The van der Waals surface area contributed by atoms with E-state index in [1.54, 1.807) is 6.07 Å². The van der Waals surface area contributed by atoms with Crippen LogP contribution >= 0.6 is 0 Å². The number of nitrogens with one attached hydrogen (secondary N) is 1. The molecule has 0 bridgehead atoms. The van der Waals surface area contributed by atoms with E-state index in [1.807, 2.05) is 26.0 Å². The third kappa shape index (κ3) is 5.23. The summed E-state index contributed by atoms with van der Waals surface area (Å²) in [5.41, 5.74) is 2.76. The van der Waals surface area contributed by atoms with Crippen LogP contribution in [0.25, 0.3) is 0 Å². The molecule has 1 saturated heterocycles. The fourth-order valence-corrected chi connectivity index (χ4v) is 5.00. The summed E-state index contributed by atoms with van der Waals surface area (Å²) in [5, 5.41) is 2.67. The van der Waals surface area contributed by atoms with Crippen LogP contribution < -0.4 is 10.1 Å². The molecular formula is C22H26N2O6S. The van der Waals surface area contributed by atoms with E-state index in [0.29, 0.717) is 18.8 Å².